The number of aliphatic carboxylic acids is 1. The predicted octanol–water partition coefficient (Wildman–Crippen LogP) is 8.27. The Labute approximate surface area is 205 Å². The summed E-state index contributed by atoms with van der Waals surface area (Å²) in [5, 5.41) is 9.23. The summed E-state index contributed by atoms with van der Waals surface area (Å²) in [7, 11) is 0. The highest BCUT2D eigenvalue weighted by molar-refractivity contribution is 5.78. The van der Waals surface area contributed by atoms with E-state index in [-0.39, 0.29) is 12.8 Å². The average Bonchev–Trinajstić information content (AvgIpc) is 2.82. The fourth-order valence-electron chi connectivity index (χ4n) is 5.43. The first-order valence-electron chi connectivity index (χ1n) is 12.1. The number of carboxylic acid groups (broad SMARTS) is 1. The number of hydrogen-bond acceptors (Lipinski definition) is 2. The van der Waals surface area contributed by atoms with Crippen molar-refractivity contribution >= 4 is 5.97 Å². The summed E-state index contributed by atoms with van der Waals surface area (Å²) in [5.41, 5.74) is -2.80. The van der Waals surface area contributed by atoms with Crippen molar-refractivity contribution in [3.05, 3.63) is 53.4 Å². The summed E-state index contributed by atoms with van der Waals surface area (Å²) in [5.74, 6) is -10.9. The molecule has 2 aliphatic carbocycles. The van der Waals surface area contributed by atoms with E-state index in [9.17, 15) is 27.5 Å². The Hall–Kier alpha value is -2.52. The molecular weight excluding hydrogens is 493 g/mol. The number of unbranched alkanes of at least 4 members (excludes halogenated alkanes) is 2. The molecule has 36 heavy (non-hydrogen) atoms. The van der Waals surface area contributed by atoms with Gasteiger partial charge in [0.05, 0.1) is 5.41 Å². The zero-order valence-corrected chi connectivity index (χ0v) is 19.8. The predicted molar refractivity (Wildman–Crippen MR) is 119 cm³/mol. The van der Waals surface area contributed by atoms with Crippen LogP contribution >= 0.6 is 0 Å². The molecule has 1 fully saturated rings. The maximum Gasteiger partial charge on any atom is 0.461 e. The maximum absolute atomic E-state index is 15.9. The summed E-state index contributed by atoms with van der Waals surface area (Å²) in [6.45, 7) is 2.07. The number of rotatable bonds is 10. The van der Waals surface area contributed by atoms with Crippen molar-refractivity contribution in [2.75, 3.05) is 0 Å². The number of carbonyl (C=O) groups is 1. The van der Waals surface area contributed by atoms with Crippen molar-refractivity contribution in [3.63, 3.8) is 0 Å². The Balaban J connectivity index is 2.10. The first kappa shape index (κ1) is 28.1. The second-order valence-corrected chi connectivity index (χ2v) is 9.51. The van der Waals surface area contributed by atoms with Gasteiger partial charge in [-0.25, -0.2) is 13.2 Å². The largest absolute Gasteiger partial charge is 0.480 e. The van der Waals surface area contributed by atoms with E-state index >= 15 is 13.2 Å². The number of benzene rings is 1. The fourth-order valence-corrected chi connectivity index (χ4v) is 5.43. The molecule has 2 unspecified atom stereocenters. The minimum atomic E-state index is -4.95. The molecule has 3 rings (SSSR count). The number of allylic oxidation sites excluding steroid dienone is 2. The summed E-state index contributed by atoms with van der Waals surface area (Å²) in [4.78, 5) is 11.4. The van der Waals surface area contributed by atoms with Crippen molar-refractivity contribution in [3.8, 4) is 5.75 Å². The van der Waals surface area contributed by atoms with Gasteiger partial charge < -0.3 is 9.84 Å². The zero-order valence-electron chi connectivity index (χ0n) is 19.8. The van der Waals surface area contributed by atoms with Gasteiger partial charge >= 0.3 is 18.5 Å². The Morgan fingerprint density at radius 2 is 1.75 bits per heavy atom. The van der Waals surface area contributed by atoms with Crippen LogP contribution in [0.5, 0.6) is 5.75 Å². The van der Waals surface area contributed by atoms with Crippen LogP contribution in [-0.4, -0.2) is 23.6 Å². The first-order valence-corrected chi connectivity index (χ1v) is 12.1. The molecule has 1 aromatic rings. The monoisotopic (exact) mass is 522 g/mol. The van der Waals surface area contributed by atoms with Gasteiger partial charge in [-0.15, -0.1) is 0 Å². The van der Waals surface area contributed by atoms with Gasteiger partial charge in [0.2, 0.25) is 0 Å². The van der Waals surface area contributed by atoms with Gasteiger partial charge in [0.25, 0.3) is 0 Å². The molecule has 2 atom stereocenters. The zero-order chi connectivity index (χ0) is 26.7. The lowest BCUT2D eigenvalue weighted by Gasteiger charge is -2.44. The van der Waals surface area contributed by atoms with E-state index in [2.05, 4.69) is 11.7 Å². The topological polar surface area (TPSA) is 46.5 Å². The molecule has 0 aromatic heterocycles. The standard InChI is InChI=1S/C26H29F7O3/c1-2-3-4-7-15-10-12-16(13-11-15)25(14-18(27)20(23(34)35)21(28)22(25)29)17-8-5-6-9-19(17)36-26(32,33)24(30)31/h5-6,8-9,14-16,20,24H,2-4,7,10-13H2,1H3,(H,34,35). The molecule has 1 N–H and O–H groups in total. The highest BCUT2D eigenvalue weighted by Crippen LogP contribution is 2.56. The van der Waals surface area contributed by atoms with Gasteiger partial charge in [0, 0.05) is 5.56 Å². The summed E-state index contributed by atoms with van der Waals surface area (Å²) in [6, 6.07) is 4.44. The molecule has 3 nitrogen and oxygen atoms in total. The normalized spacial score (nSPS) is 27.2. The van der Waals surface area contributed by atoms with Crippen LogP contribution in [-0.2, 0) is 10.2 Å². The van der Waals surface area contributed by atoms with Crippen LogP contribution in [0.15, 0.2) is 47.8 Å². The molecule has 0 saturated heterocycles. The molecule has 0 aliphatic heterocycles. The smallest absolute Gasteiger partial charge is 0.461 e. The molecular formula is C26H29F7O3. The van der Waals surface area contributed by atoms with Gasteiger partial charge in [-0.2, -0.15) is 17.6 Å². The van der Waals surface area contributed by atoms with Crippen LogP contribution in [0.25, 0.3) is 0 Å². The summed E-state index contributed by atoms with van der Waals surface area (Å²) < 4.78 is 104. The van der Waals surface area contributed by atoms with E-state index in [0.29, 0.717) is 24.8 Å². The number of carboxylic acids is 1. The quantitative estimate of drug-likeness (QED) is 0.249. The van der Waals surface area contributed by atoms with E-state index in [4.69, 9.17) is 0 Å². The third-order valence-electron chi connectivity index (χ3n) is 7.25. The van der Waals surface area contributed by atoms with E-state index in [1.54, 1.807) is 0 Å². The van der Waals surface area contributed by atoms with Gasteiger partial charge in [0.15, 0.2) is 11.7 Å². The molecule has 0 heterocycles. The van der Waals surface area contributed by atoms with Crippen molar-refractivity contribution in [2.24, 2.45) is 17.8 Å². The molecule has 1 saturated carbocycles. The highest BCUT2D eigenvalue weighted by atomic mass is 19.3. The number of alkyl halides is 4. The van der Waals surface area contributed by atoms with Crippen LogP contribution in [0.2, 0.25) is 0 Å². The Morgan fingerprint density at radius 1 is 1.11 bits per heavy atom. The Bertz CT molecular complexity index is 999. The molecule has 2 aliphatic rings. The fraction of sp³-hybridized carbons (Fsp3) is 0.577. The molecule has 0 amide bonds. The van der Waals surface area contributed by atoms with Gasteiger partial charge in [-0.3, -0.25) is 4.79 Å². The molecule has 10 heteroatoms. The van der Waals surface area contributed by atoms with Crippen LogP contribution in [0.3, 0.4) is 0 Å². The Kier molecular flexibility index (Phi) is 8.77. The number of hydrogen-bond donors (Lipinski definition) is 1. The van der Waals surface area contributed by atoms with E-state index in [1.807, 2.05) is 0 Å². The SMILES string of the molecule is CCCCCC1CCC(C2(c3ccccc3OC(F)(F)C(F)F)C=C(F)C(C(=O)O)C(F)=C2F)CC1. The molecule has 0 spiro atoms. The van der Waals surface area contributed by atoms with Gasteiger partial charge in [-0.05, 0) is 36.8 Å². The average molecular weight is 523 g/mol. The van der Waals surface area contributed by atoms with Crippen LogP contribution in [0.1, 0.15) is 63.9 Å². The number of halogens is 7. The molecule has 1 aromatic carbocycles. The van der Waals surface area contributed by atoms with Crippen LogP contribution < -0.4 is 4.74 Å². The number of ether oxygens (including phenoxy) is 1. The second-order valence-electron chi connectivity index (χ2n) is 9.51. The van der Waals surface area contributed by atoms with Crippen LogP contribution in [0.4, 0.5) is 30.7 Å². The summed E-state index contributed by atoms with van der Waals surface area (Å²) >= 11 is 0. The van der Waals surface area contributed by atoms with Crippen molar-refractivity contribution in [1.29, 1.82) is 0 Å². The maximum atomic E-state index is 15.9. The molecule has 200 valence electrons. The number of para-hydroxylation sites is 1. The second kappa shape index (κ2) is 11.3. The molecule has 0 radical (unpaired) electrons. The third-order valence-corrected chi connectivity index (χ3v) is 7.25. The van der Waals surface area contributed by atoms with E-state index in [0.717, 1.165) is 37.8 Å². The highest BCUT2D eigenvalue weighted by Gasteiger charge is 2.54. The van der Waals surface area contributed by atoms with Crippen molar-refractivity contribution in [2.45, 2.75) is 76.2 Å². The lowest BCUT2D eigenvalue weighted by atomic mass is 9.60. The van der Waals surface area contributed by atoms with Gasteiger partial charge in [0.1, 0.15) is 17.4 Å². The van der Waals surface area contributed by atoms with E-state index in [1.165, 1.54) is 12.1 Å². The Morgan fingerprint density at radius 3 is 2.33 bits per heavy atom. The first-order chi connectivity index (χ1) is 17.0. The lowest BCUT2D eigenvalue weighted by Crippen LogP contribution is -2.42. The van der Waals surface area contributed by atoms with Crippen LogP contribution in [0, 0.1) is 17.8 Å². The third kappa shape index (κ3) is 5.42. The summed E-state index contributed by atoms with van der Waals surface area (Å²) in [6.07, 6.45) is -2.88. The minimum absolute atomic E-state index is 0.262. The molecule has 0 bridgehead atoms. The minimum Gasteiger partial charge on any atom is -0.480 e. The lowest BCUT2D eigenvalue weighted by molar-refractivity contribution is -0.253. The van der Waals surface area contributed by atoms with E-state index < -0.39 is 64.5 Å². The van der Waals surface area contributed by atoms with Crippen molar-refractivity contribution < 1.29 is 45.4 Å². The van der Waals surface area contributed by atoms with Crippen molar-refractivity contribution in [1.82, 2.24) is 0 Å². The van der Waals surface area contributed by atoms with Gasteiger partial charge in [-0.1, -0.05) is 63.6 Å².